The molecule has 1 unspecified atom stereocenters. The second kappa shape index (κ2) is 3.82. The van der Waals surface area contributed by atoms with Crippen molar-refractivity contribution in [3.05, 3.63) is 0 Å². The van der Waals surface area contributed by atoms with Crippen LogP contribution in [0.15, 0.2) is 0 Å². The average Bonchev–Trinajstić information content (AvgIpc) is 2.13. The van der Waals surface area contributed by atoms with E-state index in [0.29, 0.717) is 0 Å². The molecule has 53 valence electrons. The molecule has 1 heterocycles. The first kappa shape index (κ1) is 6.99. The molecule has 3 nitrogen and oxygen atoms in total. The number of nitrogens with one attached hydrogen (secondary N) is 1. The standard InChI is InChI=1S/C6H13N2O/c9-5-6-4-7-2-1-3-8-6/h6,8-9H,1-5H2. The van der Waals surface area contributed by atoms with E-state index in [0.717, 1.165) is 26.1 Å². The van der Waals surface area contributed by atoms with Gasteiger partial charge in [-0.1, -0.05) is 0 Å². The van der Waals surface area contributed by atoms with Crippen molar-refractivity contribution in [3.8, 4) is 0 Å². The summed E-state index contributed by atoms with van der Waals surface area (Å²) in [5, 5.41) is 16.1. The van der Waals surface area contributed by atoms with Gasteiger partial charge in [-0.3, -0.25) is 0 Å². The summed E-state index contributed by atoms with van der Waals surface area (Å²) in [5.74, 6) is 0. The second-order valence-corrected chi connectivity index (χ2v) is 2.32. The first-order chi connectivity index (χ1) is 4.43. The van der Waals surface area contributed by atoms with Crippen molar-refractivity contribution in [3.63, 3.8) is 0 Å². The van der Waals surface area contributed by atoms with E-state index in [1.807, 2.05) is 0 Å². The van der Waals surface area contributed by atoms with Crippen LogP contribution >= 0.6 is 0 Å². The number of aliphatic hydroxyl groups is 1. The number of nitrogens with zero attached hydrogens (tertiary/aromatic N) is 1. The molecule has 0 amide bonds. The maximum Gasteiger partial charge on any atom is 0.0597 e. The molecule has 0 aromatic rings. The highest BCUT2D eigenvalue weighted by atomic mass is 16.3. The van der Waals surface area contributed by atoms with Crippen molar-refractivity contribution in [2.45, 2.75) is 12.5 Å². The summed E-state index contributed by atoms with van der Waals surface area (Å²) in [6, 6.07) is 0.215. The highest BCUT2D eigenvalue weighted by Gasteiger charge is 2.08. The molecular formula is C6H13N2O. The molecule has 0 bridgehead atoms. The van der Waals surface area contributed by atoms with Crippen molar-refractivity contribution < 1.29 is 5.11 Å². The van der Waals surface area contributed by atoms with Crippen LogP contribution in [-0.2, 0) is 0 Å². The van der Waals surface area contributed by atoms with Crippen LogP contribution in [0.3, 0.4) is 0 Å². The molecule has 0 aromatic heterocycles. The Labute approximate surface area is 55.5 Å². The van der Waals surface area contributed by atoms with Gasteiger partial charge in [0.05, 0.1) is 6.61 Å². The molecule has 9 heavy (non-hydrogen) atoms. The zero-order valence-corrected chi connectivity index (χ0v) is 5.51. The van der Waals surface area contributed by atoms with Crippen molar-refractivity contribution in [2.24, 2.45) is 0 Å². The minimum atomic E-state index is 0.212. The van der Waals surface area contributed by atoms with Crippen LogP contribution in [0.2, 0.25) is 0 Å². The Morgan fingerprint density at radius 3 is 3.33 bits per heavy atom. The second-order valence-electron chi connectivity index (χ2n) is 2.32. The predicted octanol–water partition coefficient (Wildman–Crippen LogP) is -1.05. The molecular weight excluding hydrogens is 116 g/mol. The van der Waals surface area contributed by atoms with E-state index in [4.69, 9.17) is 5.11 Å². The smallest absolute Gasteiger partial charge is 0.0597 e. The molecule has 1 aliphatic heterocycles. The van der Waals surface area contributed by atoms with Gasteiger partial charge >= 0.3 is 0 Å². The van der Waals surface area contributed by atoms with E-state index in [1.165, 1.54) is 0 Å². The van der Waals surface area contributed by atoms with Crippen LogP contribution < -0.4 is 10.6 Å². The maximum absolute atomic E-state index is 8.69. The Kier molecular flexibility index (Phi) is 2.97. The van der Waals surface area contributed by atoms with Gasteiger partial charge in [-0.25, -0.2) is 5.32 Å². The fourth-order valence-corrected chi connectivity index (χ4v) is 0.931. The summed E-state index contributed by atoms with van der Waals surface area (Å²) >= 11 is 0. The summed E-state index contributed by atoms with van der Waals surface area (Å²) in [5.41, 5.74) is 0. The molecule has 3 heteroatoms. The fourth-order valence-electron chi connectivity index (χ4n) is 0.931. The third kappa shape index (κ3) is 2.30. The lowest BCUT2D eigenvalue weighted by Gasteiger charge is -2.09. The molecule has 1 saturated heterocycles. The molecule has 1 radical (unpaired) electrons. The zero-order chi connectivity index (χ0) is 6.53. The van der Waals surface area contributed by atoms with Crippen LogP contribution in [0.5, 0.6) is 0 Å². The average molecular weight is 129 g/mol. The van der Waals surface area contributed by atoms with E-state index in [2.05, 4.69) is 10.6 Å². The SMILES string of the molecule is OCC1C[N]CCCN1. The molecule has 0 aromatic carbocycles. The van der Waals surface area contributed by atoms with Crippen molar-refractivity contribution in [2.75, 3.05) is 26.2 Å². The Hall–Kier alpha value is -0.120. The lowest BCUT2D eigenvalue weighted by Crippen LogP contribution is -2.36. The van der Waals surface area contributed by atoms with Crippen LogP contribution in [0.1, 0.15) is 6.42 Å². The Bertz CT molecular complexity index is 69.5. The first-order valence-electron chi connectivity index (χ1n) is 3.41. The van der Waals surface area contributed by atoms with Gasteiger partial charge in [0.1, 0.15) is 0 Å². The van der Waals surface area contributed by atoms with Gasteiger partial charge < -0.3 is 10.4 Å². The van der Waals surface area contributed by atoms with E-state index < -0.39 is 0 Å². The van der Waals surface area contributed by atoms with Crippen molar-refractivity contribution in [1.29, 1.82) is 0 Å². The normalized spacial score (nSPS) is 29.7. The van der Waals surface area contributed by atoms with Gasteiger partial charge in [0.25, 0.3) is 0 Å². The zero-order valence-electron chi connectivity index (χ0n) is 5.51. The first-order valence-corrected chi connectivity index (χ1v) is 3.41. The number of hydrogen-bond acceptors (Lipinski definition) is 2. The van der Waals surface area contributed by atoms with Gasteiger partial charge in [-0.05, 0) is 13.0 Å². The third-order valence-corrected chi connectivity index (χ3v) is 1.50. The van der Waals surface area contributed by atoms with E-state index in [1.54, 1.807) is 0 Å². The minimum Gasteiger partial charge on any atom is -0.395 e. The van der Waals surface area contributed by atoms with Crippen LogP contribution in [0, 0.1) is 0 Å². The van der Waals surface area contributed by atoms with Gasteiger partial charge in [-0.2, -0.15) is 0 Å². The molecule has 1 fully saturated rings. The maximum atomic E-state index is 8.69. The van der Waals surface area contributed by atoms with Crippen molar-refractivity contribution in [1.82, 2.24) is 10.6 Å². The van der Waals surface area contributed by atoms with Gasteiger partial charge in [0.15, 0.2) is 0 Å². The van der Waals surface area contributed by atoms with E-state index in [9.17, 15) is 0 Å². The quantitative estimate of drug-likeness (QED) is 0.474. The van der Waals surface area contributed by atoms with Gasteiger partial charge in [0.2, 0.25) is 0 Å². The number of aliphatic hydroxyl groups excluding tert-OH is 1. The van der Waals surface area contributed by atoms with Gasteiger partial charge in [0, 0.05) is 19.1 Å². The summed E-state index contributed by atoms with van der Waals surface area (Å²) in [6.45, 7) is 2.93. The molecule has 0 spiro atoms. The summed E-state index contributed by atoms with van der Waals surface area (Å²) < 4.78 is 0. The summed E-state index contributed by atoms with van der Waals surface area (Å²) in [4.78, 5) is 0. The number of hydrogen-bond donors (Lipinski definition) is 2. The molecule has 0 aliphatic carbocycles. The largest absolute Gasteiger partial charge is 0.395 e. The summed E-state index contributed by atoms with van der Waals surface area (Å²) in [6.07, 6.45) is 1.11. The van der Waals surface area contributed by atoms with E-state index >= 15 is 0 Å². The Balaban J connectivity index is 2.18. The predicted molar refractivity (Wildman–Crippen MR) is 35.4 cm³/mol. The monoisotopic (exact) mass is 129 g/mol. The topological polar surface area (TPSA) is 46.4 Å². The number of rotatable bonds is 1. The van der Waals surface area contributed by atoms with Crippen LogP contribution in [-0.4, -0.2) is 37.4 Å². The van der Waals surface area contributed by atoms with Crippen molar-refractivity contribution >= 4 is 0 Å². The van der Waals surface area contributed by atoms with Gasteiger partial charge in [-0.15, -0.1) is 0 Å². The molecule has 2 N–H and O–H groups in total. The Morgan fingerprint density at radius 2 is 2.56 bits per heavy atom. The third-order valence-electron chi connectivity index (χ3n) is 1.50. The highest BCUT2D eigenvalue weighted by molar-refractivity contribution is 4.71. The lowest BCUT2D eigenvalue weighted by atomic mass is 10.3. The van der Waals surface area contributed by atoms with Crippen LogP contribution in [0.4, 0.5) is 0 Å². The fraction of sp³-hybridized carbons (Fsp3) is 1.00. The van der Waals surface area contributed by atoms with E-state index in [-0.39, 0.29) is 12.6 Å². The lowest BCUT2D eigenvalue weighted by molar-refractivity contribution is 0.245. The molecule has 1 atom stereocenters. The molecule has 0 saturated carbocycles. The minimum absolute atomic E-state index is 0.212. The highest BCUT2D eigenvalue weighted by Crippen LogP contribution is 1.88. The van der Waals surface area contributed by atoms with Crippen LogP contribution in [0.25, 0.3) is 0 Å². The molecule has 1 aliphatic rings. The summed E-state index contributed by atoms with van der Waals surface area (Å²) in [7, 11) is 0. The Morgan fingerprint density at radius 1 is 1.67 bits per heavy atom. The molecule has 1 rings (SSSR count).